The van der Waals surface area contributed by atoms with Crippen LogP contribution in [0, 0.1) is 6.92 Å². The number of aromatic amines is 1. The molecule has 1 aromatic carbocycles. The largest absolute Gasteiger partial charge is 0.439 e. The van der Waals surface area contributed by atoms with Gasteiger partial charge in [0.2, 0.25) is 5.88 Å². The number of rotatable bonds is 6. The monoisotopic (exact) mass is 336 g/mol. The summed E-state index contributed by atoms with van der Waals surface area (Å²) in [6.45, 7) is 4.09. The summed E-state index contributed by atoms with van der Waals surface area (Å²) in [6, 6.07) is 12.9. The van der Waals surface area contributed by atoms with Crippen LogP contribution in [-0.2, 0) is 6.42 Å². The van der Waals surface area contributed by atoms with Gasteiger partial charge in [0.1, 0.15) is 5.75 Å². The van der Waals surface area contributed by atoms with Crippen molar-refractivity contribution in [2.45, 2.75) is 26.7 Å². The van der Waals surface area contributed by atoms with E-state index in [9.17, 15) is 4.79 Å². The highest BCUT2D eigenvalue weighted by molar-refractivity contribution is 6.02. The highest BCUT2D eigenvalue weighted by Crippen LogP contribution is 2.21. The number of amides is 1. The molecule has 0 bridgehead atoms. The Balaban J connectivity index is 1.61. The molecule has 0 saturated carbocycles. The molecule has 0 unspecified atom stereocenters. The molecule has 6 heteroatoms. The summed E-state index contributed by atoms with van der Waals surface area (Å²) in [6.07, 6.45) is 3.42. The lowest BCUT2D eigenvalue weighted by molar-refractivity contribution is 0.102. The van der Waals surface area contributed by atoms with Crippen molar-refractivity contribution >= 4 is 11.6 Å². The SMILES string of the molecule is CCCc1cc(C(=O)Nc2ccc(Oc3ccc(C)cc3)nc2)n[nH]1. The summed E-state index contributed by atoms with van der Waals surface area (Å²) in [5.41, 5.74) is 3.07. The third-order valence-electron chi connectivity index (χ3n) is 3.62. The zero-order chi connectivity index (χ0) is 17.6. The second-order valence-corrected chi connectivity index (χ2v) is 5.78. The lowest BCUT2D eigenvalue weighted by atomic mass is 10.2. The number of H-pyrrole nitrogens is 1. The molecule has 2 N–H and O–H groups in total. The number of ether oxygens (including phenoxy) is 1. The molecule has 3 aromatic rings. The smallest absolute Gasteiger partial charge is 0.276 e. The first-order valence-corrected chi connectivity index (χ1v) is 8.20. The fraction of sp³-hybridized carbons (Fsp3) is 0.211. The zero-order valence-electron chi connectivity index (χ0n) is 14.2. The van der Waals surface area contributed by atoms with Crippen molar-refractivity contribution in [3.05, 3.63) is 65.6 Å². The molecule has 25 heavy (non-hydrogen) atoms. The number of hydrogen-bond donors (Lipinski definition) is 2. The molecule has 0 aliphatic rings. The molecule has 0 aliphatic carbocycles. The minimum absolute atomic E-state index is 0.271. The van der Waals surface area contributed by atoms with E-state index in [4.69, 9.17) is 4.74 Å². The Hall–Kier alpha value is -3.15. The number of benzene rings is 1. The van der Waals surface area contributed by atoms with E-state index in [0.717, 1.165) is 24.3 Å². The maximum absolute atomic E-state index is 12.2. The number of anilines is 1. The average molecular weight is 336 g/mol. The van der Waals surface area contributed by atoms with E-state index in [1.165, 1.54) is 5.56 Å². The third-order valence-corrected chi connectivity index (χ3v) is 3.62. The van der Waals surface area contributed by atoms with Crippen molar-refractivity contribution in [3.8, 4) is 11.6 Å². The zero-order valence-corrected chi connectivity index (χ0v) is 14.2. The van der Waals surface area contributed by atoms with E-state index in [1.54, 1.807) is 24.4 Å². The molecule has 2 aromatic heterocycles. The molecule has 2 heterocycles. The van der Waals surface area contributed by atoms with Crippen LogP contribution in [0.5, 0.6) is 11.6 Å². The molecule has 128 valence electrons. The van der Waals surface area contributed by atoms with Gasteiger partial charge in [0.25, 0.3) is 5.91 Å². The molecule has 0 radical (unpaired) electrons. The molecule has 0 saturated heterocycles. The van der Waals surface area contributed by atoms with Crippen molar-refractivity contribution < 1.29 is 9.53 Å². The van der Waals surface area contributed by atoms with Crippen LogP contribution >= 0.6 is 0 Å². The van der Waals surface area contributed by atoms with Crippen molar-refractivity contribution in [2.75, 3.05) is 5.32 Å². The van der Waals surface area contributed by atoms with E-state index < -0.39 is 0 Å². The van der Waals surface area contributed by atoms with Gasteiger partial charge in [-0.05, 0) is 37.6 Å². The maximum atomic E-state index is 12.2. The minimum atomic E-state index is -0.271. The average Bonchev–Trinajstić information content (AvgIpc) is 3.08. The molecular weight excluding hydrogens is 316 g/mol. The van der Waals surface area contributed by atoms with E-state index >= 15 is 0 Å². The Morgan fingerprint density at radius 2 is 2.00 bits per heavy atom. The first kappa shape index (κ1) is 16.7. The van der Waals surface area contributed by atoms with Gasteiger partial charge in [0.15, 0.2) is 5.69 Å². The number of nitrogens with zero attached hydrogens (tertiary/aromatic N) is 2. The number of hydrogen-bond acceptors (Lipinski definition) is 4. The summed E-state index contributed by atoms with van der Waals surface area (Å²) in [5.74, 6) is 0.911. The molecule has 0 spiro atoms. The van der Waals surface area contributed by atoms with Gasteiger partial charge in [-0.25, -0.2) is 4.98 Å². The maximum Gasteiger partial charge on any atom is 0.276 e. The first-order chi connectivity index (χ1) is 12.1. The fourth-order valence-corrected chi connectivity index (χ4v) is 2.31. The van der Waals surface area contributed by atoms with Gasteiger partial charge in [-0.2, -0.15) is 5.10 Å². The highest BCUT2D eigenvalue weighted by atomic mass is 16.5. The molecule has 0 aliphatic heterocycles. The van der Waals surface area contributed by atoms with Crippen LogP contribution in [0.25, 0.3) is 0 Å². The molecule has 1 amide bonds. The number of aryl methyl sites for hydroxylation is 2. The Bertz CT molecular complexity index is 839. The second kappa shape index (κ2) is 7.61. The van der Waals surface area contributed by atoms with Gasteiger partial charge in [-0.1, -0.05) is 31.0 Å². The fourth-order valence-electron chi connectivity index (χ4n) is 2.31. The highest BCUT2D eigenvalue weighted by Gasteiger charge is 2.11. The van der Waals surface area contributed by atoms with Crippen molar-refractivity contribution in [3.63, 3.8) is 0 Å². The summed E-state index contributed by atoms with van der Waals surface area (Å²) < 4.78 is 5.67. The molecule has 0 atom stereocenters. The minimum Gasteiger partial charge on any atom is -0.439 e. The van der Waals surface area contributed by atoms with Crippen molar-refractivity contribution in [1.82, 2.24) is 15.2 Å². The van der Waals surface area contributed by atoms with Gasteiger partial charge in [-0.15, -0.1) is 0 Å². The van der Waals surface area contributed by atoms with Gasteiger partial charge in [-0.3, -0.25) is 9.89 Å². The van der Waals surface area contributed by atoms with Crippen LogP contribution in [0.1, 0.15) is 35.1 Å². The van der Waals surface area contributed by atoms with Crippen molar-refractivity contribution in [2.24, 2.45) is 0 Å². The predicted octanol–water partition coefficient (Wildman–Crippen LogP) is 4.11. The molecule has 0 fully saturated rings. The van der Waals surface area contributed by atoms with Crippen molar-refractivity contribution in [1.29, 1.82) is 0 Å². The van der Waals surface area contributed by atoms with E-state index in [1.807, 2.05) is 31.2 Å². The Morgan fingerprint density at radius 1 is 1.20 bits per heavy atom. The van der Waals surface area contributed by atoms with E-state index in [0.29, 0.717) is 17.3 Å². The standard InChI is InChI=1S/C19H20N4O2/c1-3-4-14-11-17(23-22-14)19(24)21-15-7-10-18(20-12-15)25-16-8-5-13(2)6-9-16/h5-12H,3-4H2,1-2H3,(H,21,24)(H,22,23). The summed E-state index contributed by atoms with van der Waals surface area (Å²) in [4.78, 5) is 16.4. The van der Waals surface area contributed by atoms with Crippen LogP contribution in [0.4, 0.5) is 5.69 Å². The van der Waals surface area contributed by atoms with E-state index in [2.05, 4.69) is 27.4 Å². The summed E-state index contributed by atoms with van der Waals surface area (Å²) >= 11 is 0. The van der Waals surface area contributed by atoms with Gasteiger partial charge < -0.3 is 10.1 Å². The number of aromatic nitrogens is 3. The molecule has 6 nitrogen and oxygen atoms in total. The number of nitrogens with one attached hydrogen (secondary N) is 2. The number of carbonyl (C=O) groups is 1. The lowest BCUT2D eigenvalue weighted by Gasteiger charge is -2.06. The predicted molar refractivity (Wildman–Crippen MR) is 96.0 cm³/mol. The quantitative estimate of drug-likeness (QED) is 0.710. The van der Waals surface area contributed by atoms with Crippen LogP contribution < -0.4 is 10.1 Å². The summed E-state index contributed by atoms with van der Waals surface area (Å²) in [5, 5.41) is 9.67. The summed E-state index contributed by atoms with van der Waals surface area (Å²) in [7, 11) is 0. The Labute approximate surface area is 146 Å². The second-order valence-electron chi connectivity index (χ2n) is 5.78. The van der Waals surface area contributed by atoms with Gasteiger partial charge >= 0.3 is 0 Å². The first-order valence-electron chi connectivity index (χ1n) is 8.20. The number of pyridine rings is 1. The lowest BCUT2D eigenvalue weighted by Crippen LogP contribution is -2.12. The normalized spacial score (nSPS) is 10.5. The Kier molecular flexibility index (Phi) is 5.09. The topological polar surface area (TPSA) is 79.9 Å². The van der Waals surface area contributed by atoms with Crippen LogP contribution in [0.2, 0.25) is 0 Å². The third kappa shape index (κ3) is 4.44. The van der Waals surface area contributed by atoms with Gasteiger partial charge in [0, 0.05) is 11.8 Å². The molecular formula is C19H20N4O2. The Morgan fingerprint density at radius 3 is 2.68 bits per heavy atom. The van der Waals surface area contributed by atoms with Crippen LogP contribution in [0.3, 0.4) is 0 Å². The van der Waals surface area contributed by atoms with E-state index in [-0.39, 0.29) is 5.91 Å². The van der Waals surface area contributed by atoms with Crippen LogP contribution in [0.15, 0.2) is 48.7 Å². The molecule has 3 rings (SSSR count). The number of carbonyl (C=O) groups excluding carboxylic acids is 1. The van der Waals surface area contributed by atoms with Crippen LogP contribution in [-0.4, -0.2) is 21.1 Å². The van der Waals surface area contributed by atoms with Gasteiger partial charge in [0.05, 0.1) is 11.9 Å².